The van der Waals surface area contributed by atoms with Gasteiger partial charge in [0, 0.05) is 6.54 Å². The first-order valence-electron chi connectivity index (χ1n) is 7.86. The molecule has 122 valence electrons. The van der Waals surface area contributed by atoms with E-state index in [-0.39, 0.29) is 12.5 Å². The molecule has 0 spiro atoms. The van der Waals surface area contributed by atoms with Gasteiger partial charge in [0.1, 0.15) is 5.75 Å². The van der Waals surface area contributed by atoms with Crippen LogP contribution in [0.4, 0.5) is 0 Å². The van der Waals surface area contributed by atoms with Crippen molar-refractivity contribution < 1.29 is 14.3 Å². The number of carbonyl (C=O) groups is 2. The second kappa shape index (κ2) is 9.82. The van der Waals surface area contributed by atoms with E-state index in [2.05, 4.69) is 19.2 Å². The molecule has 5 heteroatoms. The SMILES string of the molecule is CCCCC(CC)CNC(=O)c1ccccc1OCC(N)=O. The number of nitrogens with one attached hydrogen (secondary N) is 1. The molecule has 1 aromatic carbocycles. The summed E-state index contributed by atoms with van der Waals surface area (Å²) < 4.78 is 5.28. The zero-order valence-corrected chi connectivity index (χ0v) is 13.4. The van der Waals surface area contributed by atoms with E-state index >= 15 is 0 Å². The summed E-state index contributed by atoms with van der Waals surface area (Å²) >= 11 is 0. The standard InChI is InChI=1S/C17H26N2O3/c1-3-5-8-13(4-2)11-19-17(21)14-9-6-7-10-15(14)22-12-16(18)20/h6-7,9-10,13H,3-5,8,11-12H2,1-2H3,(H2,18,20)(H,19,21). The molecule has 0 saturated carbocycles. The number of amides is 2. The highest BCUT2D eigenvalue weighted by molar-refractivity contribution is 5.97. The van der Waals surface area contributed by atoms with Crippen LogP contribution in [0.5, 0.6) is 5.75 Å². The third-order valence-electron chi connectivity index (χ3n) is 3.60. The van der Waals surface area contributed by atoms with Gasteiger partial charge in [0.25, 0.3) is 11.8 Å². The molecule has 0 aliphatic rings. The first-order chi connectivity index (χ1) is 10.6. The maximum Gasteiger partial charge on any atom is 0.255 e. The van der Waals surface area contributed by atoms with Crippen LogP contribution in [-0.4, -0.2) is 25.0 Å². The van der Waals surface area contributed by atoms with Crippen LogP contribution in [0.1, 0.15) is 49.9 Å². The average molecular weight is 306 g/mol. The normalized spacial score (nSPS) is 11.7. The highest BCUT2D eigenvalue weighted by Crippen LogP contribution is 2.18. The lowest BCUT2D eigenvalue weighted by Gasteiger charge is -2.16. The molecule has 5 nitrogen and oxygen atoms in total. The number of nitrogens with two attached hydrogens (primary N) is 1. The lowest BCUT2D eigenvalue weighted by atomic mass is 9.99. The number of benzene rings is 1. The molecule has 0 bridgehead atoms. The Morgan fingerprint density at radius 2 is 2.00 bits per heavy atom. The van der Waals surface area contributed by atoms with Gasteiger partial charge in [-0.3, -0.25) is 9.59 Å². The molecule has 1 atom stereocenters. The number of hydrogen-bond acceptors (Lipinski definition) is 3. The third kappa shape index (κ3) is 6.16. The molecule has 1 aromatic rings. The Hall–Kier alpha value is -2.04. The van der Waals surface area contributed by atoms with E-state index in [0.29, 0.717) is 23.8 Å². The Kier molecular flexibility index (Phi) is 8.04. The second-order valence-corrected chi connectivity index (χ2v) is 5.38. The first kappa shape index (κ1) is 18.0. The van der Waals surface area contributed by atoms with Crippen LogP contribution in [0.2, 0.25) is 0 Å². The summed E-state index contributed by atoms with van der Waals surface area (Å²) in [6, 6.07) is 6.86. The maximum atomic E-state index is 12.3. The van der Waals surface area contributed by atoms with E-state index in [9.17, 15) is 9.59 Å². The minimum atomic E-state index is -0.569. The quantitative estimate of drug-likeness (QED) is 0.697. The number of unbranched alkanes of at least 4 members (excludes halogenated alkanes) is 1. The van der Waals surface area contributed by atoms with Gasteiger partial charge in [-0.05, 0) is 24.5 Å². The van der Waals surface area contributed by atoms with Crippen molar-refractivity contribution in [1.29, 1.82) is 0 Å². The van der Waals surface area contributed by atoms with Crippen LogP contribution in [0.25, 0.3) is 0 Å². The number of para-hydroxylation sites is 1. The Labute approximate surface area is 132 Å². The van der Waals surface area contributed by atoms with Gasteiger partial charge in [0.05, 0.1) is 5.56 Å². The summed E-state index contributed by atoms with van der Waals surface area (Å²) in [5.74, 6) is 0.110. The molecule has 0 aromatic heterocycles. The molecule has 1 rings (SSSR count). The van der Waals surface area contributed by atoms with E-state index in [1.807, 2.05) is 0 Å². The minimum absolute atomic E-state index is 0.185. The van der Waals surface area contributed by atoms with E-state index in [0.717, 1.165) is 19.3 Å². The van der Waals surface area contributed by atoms with Crippen molar-refractivity contribution in [1.82, 2.24) is 5.32 Å². The molecule has 0 aliphatic carbocycles. The second-order valence-electron chi connectivity index (χ2n) is 5.38. The van der Waals surface area contributed by atoms with E-state index < -0.39 is 5.91 Å². The topological polar surface area (TPSA) is 81.4 Å². The van der Waals surface area contributed by atoms with E-state index in [1.54, 1.807) is 24.3 Å². The lowest BCUT2D eigenvalue weighted by molar-refractivity contribution is -0.119. The number of carbonyl (C=O) groups excluding carboxylic acids is 2. The van der Waals surface area contributed by atoms with Gasteiger partial charge in [-0.15, -0.1) is 0 Å². The van der Waals surface area contributed by atoms with Crippen molar-refractivity contribution in [2.75, 3.05) is 13.2 Å². The van der Waals surface area contributed by atoms with Crippen LogP contribution in [0.3, 0.4) is 0 Å². The van der Waals surface area contributed by atoms with Crippen molar-refractivity contribution in [2.24, 2.45) is 11.7 Å². The van der Waals surface area contributed by atoms with Crippen molar-refractivity contribution in [2.45, 2.75) is 39.5 Å². The average Bonchev–Trinajstić information content (AvgIpc) is 2.53. The molecule has 0 heterocycles. The maximum absolute atomic E-state index is 12.3. The van der Waals surface area contributed by atoms with Gasteiger partial charge in [-0.2, -0.15) is 0 Å². The fourth-order valence-corrected chi connectivity index (χ4v) is 2.20. The highest BCUT2D eigenvalue weighted by Gasteiger charge is 2.14. The zero-order chi connectivity index (χ0) is 16.4. The van der Waals surface area contributed by atoms with Gasteiger partial charge in [0.2, 0.25) is 0 Å². The fourth-order valence-electron chi connectivity index (χ4n) is 2.20. The van der Waals surface area contributed by atoms with Gasteiger partial charge >= 0.3 is 0 Å². The summed E-state index contributed by atoms with van der Waals surface area (Å²) in [5, 5.41) is 2.95. The van der Waals surface area contributed by atoms with Crippen LogP contribution in [0, 0.1) is 5.92 Å². The first-order valence-corrected chi connectivity index (χ1v) is 7.86. The van der Waals surface area contributed by atoms with Crippen LogP contribution >= 0.6 is 0 Å². The van der Waals surface area contributed by atoms with Crippen molar-refractivity contribution in [3.05, 3.63) is 29.8 Å². The Bertz CT molecular complexity index is 489. The molecule has 0 saturated heterocycles. The molecule has 1 unspecified atom stereocenters. The molecular formula is C17H26N2O3. The molecule has 0 radical (unpaired) electrons. The highest BCUT2D eigenvalue weighted by atomic mass is 16.5. The predicted molar refractivity (Wildman–Crippen MR) is 86.8 cm³/mol. The smallest absolute Gasteiger partial charge is 0.255 e. The van der Waals surface area contributed by atoms with Crippen molar-refractivity contribution in [3.8, 4) is 5.75 Å². The Balaban J connectivity index is 2.62. The van der Waals surface area contributed by atoms with Crippen LogP contribution in [-0.2, 0) is 4.79 Å². The van der Waals surface area contributed by atoms with Gasteiger partial charge in [-0.25, -0.2) is 0 Å². The predicted octanol–water partition coefficient (Wildman–Crippen LogP) is 2.50. The largest absolute Gasteiger partial charge is 0.483 e. The molecular weight excluding hydrogens is 280 g/mol. The van der Waals surface area contributed by atoms with Crippen LogP contribution in [0.15, 0.2) is 24.3 Å². The number of rotatable bonds is 10. The van der Waals surface area contributed by atoms with Crippen LogP contribution < -0.4 is 15.8 Å². The number of hydrogen-bond donors (Lipinski definition) is 2. The summed E-state index contributed by atoms with van der Waals surface area (Å²) in [4.78, 5) is 23.1. The van der Waals surface area contributed by atoms with Crippen molar-refractivity contribution in [3.63, 3.8) is 0 Å². The monoisotopic (exact) mass is 306 g/mol. The van der Waals surface area contributed by atoms with Gasteiger partial charge < -0.3 is 15.8 Å². The minimum Gasteiger partial charge on any atom is -0.483 e. The fraction of sp³-hybridized carbons (Fsp3) is 0.529. The molecule has 0 fully saturated rings. The Morgan fingerprint density at radius 1 is 1.27 bits per heavy atom. The van der Waals surface area contributed by atoms with E-state index in [1.165, 1.54) is 6.42 Å². The molecule has 3 N–H and O–H groups in total. The lowest BCUT2D eigenvalue weighted by Crippen LogP contribution is -2.30. The molecule has 0 aliphatic heterocycles. The summed E-state index contributed by atoms with van der Waals surface area (Å²) in [6.07, 6.45) is 4.49. The van der Waals surface area contributed by atoms with Crippen molar-refractivity contribution >= 4 is 11.8 Å². The van der Waals surface area contributed by atoms with Gasteiger partial charge in [0.15, 0.2) is 6.61 Å². The number of ether oxygens (including phenoxy) is 1. The van der Waals surface area contributed by atoms with E-state index in [4.69, 9.17) is 10.5 Å². The zero-order valence-electron chi connectivity index (χ0n) is 13.4. The Morgan fingerprint density at radius 3 is 2.64 bits per heavy atom. The number of primary amides is 1. The third-order valence-corrected chi connectivity index (χ3v) is 3.60. The summed E-state index contributed by atoms with van der Waals surface area (Å²) in [5.41, 5.74) is 5.49. The summed E-state index contributed by atoms with van der Waals surface area (Å²) in [6.45, 7) is 4.71. The molecule has 2 amide bonds. The van der Waals surface area contributed by atoms with Gasteiger partial charge in [-0.1, -0.05) is 45.2 Å². The molecule has 22 heavy (non-hydrogen) atoms. The summed E-state index contributed by atoms with van der Waals surface area (Å²) in [7, 11) is 0.